The lowest BCUT2D eigenvalue weighted by Gasteiger charge is -2.32. The molecule has 1 aliphatic carbocycles. The molecule has 3 heterocycles. The van der Waals surface area contributed by atoms with Crippen molar-refractivity contribution in [1.29, 1.82) is 0 Å². The summed E-state index contributed by atoms with van der Waals surface area (Å²) >= 11 is 0. The van der Waals surface area contributed by atoms with E-state index in [0.29, 0.717) is 28.5 Å². The topological polar surface area (TPSA) is 75.6 Å². The van der Waals surface area contributed by atoms with E-state index >= 15 is 0 Å². The minimum Gasteiger partial charge on any atom is -0.448 e. The average Bonchev–Trinajstić information content (AvgIpc) is 3.25. The van der Waals surface area contributed by atoms with Crippen LogP contribution in [0.25, 0.3) is 22.4 Å². The summed E-state index contributed by atoms with van der Waals surface area (Å²) < 4.78 is 11.0. The zero-order valence-corrected chi connectivity index (χ0v) is 14.6. The van der Waals surface area contributed by atoms with Crippen LogP contribution in [0.15, 0.2) is 33.4 Å². The molecular formula is C19H20N4O3. The van der Waals surface area contributed by atoms with Crippen molar-refractivity contribution in [2.24, 2.45) is 0 Å². The predicted octanol–water partition coefficient (Wildman–Crippen LogP) is 2.75. The van der Waals surface area contributed by atoms with Gasteiger partial charge in [-0.1, -0.05) is 5.16 Å². The number of likely N-dealkylation sites (N-methyl/N-ethyl adjacent to an activating group) is 1. The highest BCUT2D eigenvalue weighted by Gasteiger charge is 2.29. The van der Waals surface area contributed by atoms with Gasteiger partial charge in [-0.05, 0) is 38.1 Å². The molecule has 5 rings (SSSR count). The number of oxazole rings is 1. The molecule has 1 aliphatic heterocycles. The molecule has 134 valence electrons. The van der Waals surface area contributed by atoms with Crippen LogP contribution >= 0.6 is 0 Å². The predicted molar refractivity (Wildman–Crippen MR) is 94.9 cm³/mol. The Hall–Kier alpha value is -2.67. The van der Waals surface area contributed by atoms with Gasteiger partial charge in [0, 0.05) is 37.7 Å². The second-order valence-corrected chi connectivity index (χ2v) is 7.18. The third-order valence-electron chi connectivity index (χ3n) is 5.20. The van der Waals surface area contributed by atoms with E-state index in [-0.39, 0.29) is 5.91 Å². The highest BCUT2D eigenvalue weighted by molar-refractivity contribution is 6.00. The molecule has 0 spiro atoms. The van der Waals surface area contributed by atoms with E-state index in [9.17, 15) is 4.79 Å². The molecule has 7 nitrogen and oxygen atoms in total. The second kappa shape index (κ2) is 5.95. The highest BCUT2D eigenvalue weighted by Crippen LogP contribution is 2.40. The highest BCUT2D eigenvalue weighted by atomic mass is 16.5. The number of piperazine rings is 1. The molecule has 2 fully saturated rings. The Morgan fingerprint density at radius 1 is 1.19 bits per heavy atom. The van der Waals surface area contributed by atoms with E-state index in [1.807, 2.05) is 11.0 Å². The number of nitrogens with zero attached hydrogens (tertiary/aromatic N) is 4. The van der Waals surface area contributed by atoms with Crippen molar-refractivity contribution in [3.8, 4) is 11.4 Å². The maximum Gasteiger partial charge on any atom is 0.253 e. The summed E-state index contributed by atoms with van der Waals surface area (Å²) in [7, 11) is 2.07. The minimum atomic E-state index is 0.0472. The summed E-state index contributed by atoms with van der Waals surface area (Å²) in [6.45, 7) is 3.29. The number of rotatable bonds is 3. The van der Waals surface area contributed by atoms with Gasteiger partial charge in [-0.25, -0.2) is 4.98 Å². The number of fused-ring (bicyclic) bond motifs is 1. The number of hydrogen-bond acceptors (Lipinski definition) is 6. The number of carbonyl (C=O) groups is 1. The summed E-state index contributed by atoms with van der Waals surface area (Å²) in [5.74, 6) is 1.25. The Labute approximate surface area is 150 Å². The largest absolute Gasteiger partial charge is 0.448 e. The van der Waals surface area contributed by atoms with Gasteiger partial charge in [-0.3, -0.25) is 4.79 Å². The molecule has 0 unspecified atom stereocenters. The molecular weight excluding hydrogens is 332 g/mol. The van der Waals surface area contributed by atoms with E-state index in [1.165, 1.54) is 0 Å². The SMILES string of the molecule is CN1CCN(C(=O)c2ccc3onc(-c4coc(C5CC5)n4)c3c2)CC1. The van der Waals surface area contributed by atoms with Crippen LogP contribution < -0.4 is 0 Å². The number of carbonyl (C=O) groups excluding carboxylic acids is 1. The molecule has 0 radical (unpaired) electrons. The smallest absolute Gasteiger partial charge is 0.253 e. The van der Waals surface area contributed by atoms with E-state index in [1.54, 1.807) is 18.4 Å². The zero-order chi connectivity index (χ0) is 17.7. The van der Waals surface area contributed by atoms with Gasteiger partial charge < -0.3 is 18.7 Å². The van der Waals surface area contributed by atoms with Crippen LogP contribution in [-0.4, -0.2) is 59.1 Å². The first-order chi connectivity index (χ1) is 12.7. The molecule has 1 saturated heterocycles. The van der Waals surface area contributed by atoms with E-state index in [0.717, 1.165) is 50.3 Å². The van der Waals surface area contributed by atoms with Crippen molar-refractivity contribution in [2.75, 3.05) is 33.2 Å². The lowest BCUT2D eigenvalue weighted by atomic mass is 10.1. The van der Waals surface area contributed by atoms with Gasteiger partial charge in [0.1, 0.15) is 17.7 Å². The van der Waals surface area contributed by atoms with Crippen molar-refractivity contribution in [3.05, 3.63) is 35.9 Å². The first-order valence-corrected chi connectivity index (χ1v) is 9.02. The maximum absolute atomic E-state index is 12.8. The molecule has 3 aromatic rings. The Balaban J connectivity index is 1.47. The lowest BCUT2D eigenvalue weighted by Crippen LogP contribution is -2.47. The van der Waals surface area contributed by atoms with Gasteiger partial charge in [0.2, 0.25) is 0 Å². The second-order valence-electron chi connectivity index (χ2n) is 7.18. The minimum absolute atomic E-state index is 0.0472. The molecule has 2 aliphatic rings. The van der Waals surface area contributed by atoms with Gasteiger partial charge >= 0.3 is 0 Å². The molecule has 1 saturated carbocycles. The number of amides is 1. The molecule has 7 heteroatoms. The summed E-state index contributed by atoms with van der Waals surface area (Å²) in [5.41, 5.74) is 2.59. The summed E-state index contributed by atoms with van der Waals surface area (Å²) in [6, 6.07) is 5.46. The number of benzene rings is 1. The van der Waals surface area contributed by atoms with Gasteiger partial charge in [0.15, 0.2) is 11.5 Å². The third-order valence-corrected chi connectivity index (χ3v) is 5.20. The molecule has 0 N–H and O–H groups in total. The van der Waals surface area contributed by atoms with Crippen LogP contribution in [-0.2, 0) is 0 Å². The van der Waals surface area contributed by atoms with Crippen molar-refractivity contribution < 1.29 is 13.7 Å². The van der Waals surface area contributed by atoms with Gasteiger partial charge in [-0.15, -0.1) is 0 Å². The molecule has 2 aromatic heterocycles. The fraction of sp³-hybridized carbons (Fsp3) is 0.421. The molecule has 26 heavy (non-hydrogen) atoms. The Morgan fingerprint density at radius 2 is 2.00 bits per heavy atom. The van der Waals surface area contributed by atoms with Crippen LogP contribution in [0.2, 0.25) is 0 Å². The molecule has 1 amide bonds. The average molecular weight is 352 g/mol. The Bertz CT molecular complexity index is 964. The third kappa shape index (κ3) is 2.68. The van der Waals surface area contributed by atoms with Crippen molar-refractivity contribution >= 4 is 16.9 Å². The first-order valence-electron chi connectivity index (χ1n) is 9.02. The summed E-state index contributed by atoms with van der Waals surface area (Å²) in [4.78, 5) is 21.5. The van der Waals surface area contributed by atoms with Gasteiger partial charge in [0.25, 0.3) is 5.91 Å². The summed E-state index contributed by atoms with van der Waals surface area (Å²) in [5, 5.41) is 4.94. The number of aromatic nitrogens is 2. The van der Waals surface area contributed by atoms with E-state index < -0.39 is 0 Å². The van der Waals surface area contributed by atoms with Crippen LogP contribution in [0.3, 0.4) is 0 Å². The standard InChI is InChI=1S/C19H20N4O3/c1-22-6-8-23(9-7-22)19(24)13-4-5-16-14(10-13)17(21-26-16)15-11-25-18(20-15)12-2-3-12/h4-5,10-12H,2-3,6-9H2,1H3. The van der Waals surface area contributed by atoms with Crippen LogP contribution in [0, 0.1) is 0 Å². The monoisotopic (exact) mass is 352 g/mol. The van der Waals surface area contributed by atoms with Gasteiger partial charge in [-0.2, -0.15) is 0 Å². The van der Waals surface area contributed by atoms with Crippen molar-refractivity contribution in [2.45, 2.75) is 18.8 Å². The quantitative estimate of drug-likeness (QED) is 0.721. The zero-order valence-electron chi connectivity index (χ0n) is 14.6. The van der Waals surface area contributed by atoms with Crippen LogP contribution in [0.5, 0.6) is 0 Å². The normalized spacial score (nSPS) is 18.6. The van der Waals surface area contributed by atoms with E-state index in [2.05, 4.69) is 22.1 Å². The Kier molecular flexibility index (Phi) is 3.56. The fourth-order valence-electron chi connectivity index (χ4n) is 3.36. The van der Waals surface area contributed by atoms with Crippen molar-refractivity contribution in [1.82, 2.24) is 19.9 Å². The Morgan fingerprint density at radius 3 is 2.77 bits per heavy atom. The maximum atomic E-state index is 12.8. The van der Waals surface area contributed by atoms with E-state index in [4.69, 9.17) is 8.94 Å². The molecule has 0 atom stereocenters. The molecule has 1 aromatic carbocycles. The summed E-state index contributed by atoms with van der Waals surface area (Å²) in [6.07, 6.45) is 3.88. The first kappa shape index (κ1) is 15.6. The van der Waals surface area contributed by atoms with Crippen LogP contribution in [0.1, 0.15) is 35.0 Å². The van der Waals surface area contributed by atoms with Gasteiger partial charge in [0.05, 0.1) is 5.39 Å². The fourth-order valence-corrected chi connectivity index (χ4v) is 3.36. The van der Waals surface area contributed by atoms with Crippen molar-refractivity contribution in [3.63, 3.8) is 0 Å². The molecule has 0 bridgehead atoms. The van der Waals surface area contributed by atoms with Crippen LogP contribution in [0.4, 0.5) is 0 Å². The number of hydrogen-bond donors (Lipinski definition) is 0. The lowest BCUT2D eigenvalue weighted by molar-refractivity contribution is 0.0664.